The molecule has 104 valence electrons. The second-order valence-electron chi connectivity index (χ2n) is 4.95. The number of hydrogen-bond donors (Lipinski definition) is 1. The molecule has 0 saturated carbocycles. The van der Waals surface area contributed by atoms with E-state index in [1.165, 1.54) is 6.07 Å². The van der Waals surface area contributed by atoms with Crippen molar-refractivity contribution in [1.29, 1.82) is 0 Å². The van der Waals surface area contributed by atoms with Crippen molar-refractivity contribution >= 4 is 17.7 Å². The molecule has 0 spiro atoms. The SMILES string of the molecule is CCOC(=O)c1ccc(F)nc1NC(=O)C(C)(C)C. The molecule has 1 N–H and O–H groups in total. The lowest BCUT2D eigenvalue weighted by Crippen LogP contribution is -2.29. The highest BCUT2D eigenvalue weighted by Gasteiger charge is 2.24. The van der Waals surface area contributed by atoms with Gasteiger partial charge in [-0.2, -0.15) is 4.39 Å². The second-order valence-corrected chi connectivity index (χ2v) is 4.95. The van der Waals surface area contributed by atoms with Gasteiger partial charge in [-0.05, 0) is 19.1 Å². The zero-order valence-corrected chi connectivity index (χ0v) is 11.4. The lowest BCUT2D eigenvalue weighted by molar-refractivity contribution is -0.123. The molecular weight excluding hydrogens is 251 g/mol. The molecule has 0 aliphatic rings. The Balaban J connectivity index is 3.08. The summed E-state index contributed by atoms with van der Waals surface area (Å²) in [4.78, 5) is 27.1. The van der Waals surface area contributed by atoms with Gasteiger partial charge in [-0.15, -0.1) is 0 Å². The maximum atomic E-state index is 13.1. The summed E-state index contributed by atoms with van der Waals surface area (Å²) >= 11 is 0. The van der Waals surface area contributed by atoms with E-state index < -0.39 is 17.3 Å². The third-order valence-electron chi connectivity index (χ3n) is 2.27. The highest BCUT2D eigenvalue weighted by Crippen LogP contribution is 2.20. The third kappa shape index (κ3) is 4.01. The van der Waals surface area contributed by atoms with Crippen LogP contribution in [-0.4, -0.2) is 23.5 Å². The molecule has 19 heavy (non-hydrogen) atoms. The van der Waals surface area contributed by atoms with Crippen LogP contribution in [0.4, 0.5) is 10.2 Å². The van der Waals surface area contributed by atoms with Gasteiger partial charge in [-0.25, -0.2) is 9.78 Å². The van der Waals surface area contributed by atoms with Crippen LogP contribution >= 0.6 is 0 Å². The summed E-state index contributed by atoms with van der Waals surface area (Å²) in [6, 6.07) is 2.28. The predicted molar refractivity (Wildman–Crippen MR) is 68.2 cm³/mol. The van der Waals surface area contributed by atoms with Crippen molar-refractivity contribution in [3.63, 3.8) is 0 Å². The Bertz CT molecular complexity index is 495. The number of carbonyl (C=O) groups excluding carboxylic acids is 2. The number of esters is 1. The fourth-order valence-corrected chi connectivity index (χ4v) is 1.20. The van der Waals surface area contributed by atoms with E-state index in [2.05, 4.69) is 10.3 Å². The molecule has 5 nitrogen and oxygen atoms in total. The molecule has 0 unspecified atom stereocenters. The van der Waals surface area contributed by atoms with E-state index in [9.17, 15) is 14.0 Å². The topological polar surface area (TPSA) is 68.3 Å². The van der Waals surface area contributed by atoms with Crippen LogP contribution in [0.5, 0.6) is 0 Å². The minimum Gasteiger partial charge on any atom is -0.462 e. The summed E-state index contributed by atoms with van der Waals surface area (Å²) in [5.41, 5.74) is -0.652. The average Bonchev–Trinajstić information content (AvgIpc) is 2.28. The van der Waals surface area contributed by atoms with Crippen LogP contribution in [0.3, 0.4) is 0 Å². The molecule has 1 aromatic heterocycles. The first-order valence-electron chi connectivity index (χ1n) is 5.91. The van der Waals surface area contributed by atoms with Crippen LogP contribution in [0.2, 0.25) is 0 Å². The summed E-state index contributed by atoms with van der Waals surface area (Å²) in [6.45, 7) is 6.94. The summed E-state index contributed by atoms with van der Waals surface area (Å²) < 4.78 is 18.0. The van der Waals surface area contributed by atoms with Gasteiger partial charge in [0.2, 0.25) is 11.9 Å². The first kappa shape index (κ1) is 15.1. The van der Waals surface area contributed by atoms with Gasteiger partial charge in [0.15, 0.2) is 5.82 Å². The Morgan fingerprint density at radius 2 is 2.00 bits per heavy atom. The Labute approximate surface area is 111 Å². The monoisotopic (exact) mass is 268 g/mol. The molecule has 0 radical (unpaired) electrons. The van der Waals surface area contributed by atoms with Crippen LogP contribution in [0.15, 0.2) is 12.1 Å². The summed E-state index contributed by atoms with van der Waals surface area (Å²) in [6.07, 6.45) is 0. The van der Waals surface area contributed by atoms with Crippen molar-refractivity contribution < 1.29 is 18.7 Å². The molecule has 1 rings (SSSR count). The van der Waals surface area contributed by atoms with E-state index in [-0.39, 0.29) is 23.9 Å². The predicted octanol–water partition coefficient (Wildman–Crippen LogP) is 2.38. The zero-order valence-electron chi connectivity index (χ0n) is 11.4. The van der Waals surface area contributed by atoms with E-state index in [1.807, 2.05) is 0 Å². The quantitative estimate of drug-likeness (QED) is 0.675. The fourth-order valence-electron chi connectivity index (χ4n) is 1.20. The standard InChI is InChI=1S/C13H17FN2O3/c1-5-19-11(17)8-6-7-9(14)15-10(8)16-12(18)13(2,3)4/h6-7H,5H2,1-4H3,(H,15,16,18). The first-order chi connectivity index (χ1) is 8.75. The number of rotatable bonds is 3. The fraction of sp³-hybridized carbons (Fsp3) is 0.462. The van der Waals surface area contributed by atoms with E-state index in [0.717, 1.165) is 6.07 Å². The van der Waals surface area contributed by atoms with Gasteiger partial charge in [0.25, 0.3) is 0 Å². The van der Waals surface area contributed by atoms with Crippen LogP contribution in [0, 0.1) is 11.4 Å². The number of ether oxygens (including phenoxy) is 1. The first-order valence-corrected chi connectivity index (χ1v) is 5.91. The smallest absolute Gasteiger partial charge is 0.341 e. The largest absolute Gasteiger partial charge is 0.462 e. The summed E-state index contributed by atoms with van der Waals surface area (Å²) in [5, 5.41) is 2.44. The van der Waals surface area contributed by atoms with Crippen molar-refractivity contribution in [1.82, 2.24) is 4.98 Å². The van der Waals surface area contributed by atoms with E-state index in [4.69, 9.17) is 4.74 Å². The van der Waals surface area contributed by atoms with Crippen molar-refractivity contribution in [3.8, 4) is 0 Å². The molecule has 0 saturated heterocycles. The zero-order chi connectivity index (χ0) is 14.6. The third-order valence-corrected chi connectivity index (χ3v) is 2.27. The Morgan fingerprint density at radius 3 is 2.53 bits per heavy atom. The van der Waals surface area contributed by atoms with Gasteiger partial charge in [-0.3, -0.25) is 4.79 Å². The van der Waals surface area contributed by atoms with E-state index >= 15 is 0 Å². The van der Waals surface area contributed by atoms with Crippen LogP contribution in [-0.2, 0) is 9.53 Å². The van der Waals surface area contributed by atoms with Crippen molar-refractivity contribution in [2.24, 2.45) is 5.41 Å². The molecule has 0 aliphatic heterocycles. The number of nitrogens with one attached hydrogen (secondary N) is 1. The minimum absolute atomic E-state index is 0.0286. The van der Waals surface area contributed by atoms with Crippen LogP contribution in [0.25, 0.3) is 0 Å². The van der Waals surface area contributed by atoms with E-state index in [0.29, 0.717) is 0 Å². The van der Waals surface area contributed by atoms with Crippen LogP contribution < -0.4 is 5.32 Å². The maximum Gasteiger partial charge on any atom is 0.341 e. The van der Waals surface area contributed by atoms with Gasteiger partial charge in [0, 0.05) is 5.41 Å². The number of pyridine rings is 1. The molecule has 0 fully saturated rings. The average molecular weight is 268 g/mol. The molecule has 0 bridgehead atoms. The number of nitrogens with zero attached hydrogens (tertiary/aromatic N) is 1. The van der Waals surface area contributed by atoms with Gasteiger partial charge in [0.05, 0.1) is 6.61 Å². The molecule has 1 heterocycles. The lowest BCUT2D eigenvalue weighted by atomic mass is 9.95. The normalized spacial score (nSPS) is 11.0. The summed E-state index contributed by atoms with van der Waals surface area (Å²) in [5.74, 6) is -1.93. The molecule has 6 heteroatoms. The molecule has 1 amide bonds. The number of amides is 1. The van der Waals surface area contributed by atoms with Crippen LogP contribution in [0.1, 0.15) is 38.1 Å². The maximum absolute atomic E-state index is 13.1. The highest BCUT2D eigenvalue weighted by molar-refractivity contribution is 6.01. The molecular formula is C13H17FN2O3. The van der Waals surface area contributed by atoms with Crippen molar-refractivity contribution in [2.45, 2.75) is 27.7 Å². The number of anilines is 1. The van der Waals surface area contributed by atoms with Gasteiger partial charge in [-0.1, -0.05) is 20.8 Å². The molecule has 0 aliphatic carbocycles. The Hall–Kier alpha value is -1.98. The number of halogens is 1. The molecule has 1 aromatic rings. The van der Waals surface area contributed by atoms with Gasteiger partial charge >= 0.3 is 5.97 Å². The molecule has 0 aromatic carbocycles. The Morgan fingerprint density at radius 1 is 1.37 bits per heavy atom. The second kappa shape index (κ2) is 5.77. The Kier molecular flexibility index (Phi) is 4.58. The van der Waals surface area contributed by atoms with Gasteiger partial charge in [0.1, 0.15) is 5.56 Å². The highest BCUT2D eigenvalue weighted by atomic mass is 19.1. The van der Waals surface area contributed by atoms with Crippen molar-refractivity contribution in [3.05, 3.63) is 23.6 Å². The lowest BCUT2D eigenvalue weighted by Gasteiger charge is -2.18. The summed E-state index contributed by atoms with van der Waals surface area (Å²) in [7, 11) is 0. The number of carbonyl (C=O) groups is 2. The van der Waals surface area contributed by atoms with Gasteiger partial charge < -0.3 is 10.1 Å². The minimum atomic E-state index is -0.780. The van der Waals surface area contributed by atoms with E-state index in [1.54, 1.807) is 27.7 Å². The molecule has 0 atom stereocenters. The number of hydrogen-bond acceptors (Lipinski definition) is 4. The number of aromatic nitrogens is 1. The van der Waals surface area contributed by atoms with Crippen molar-refractivity contribution in [2.75, 3.05) is 11.9 Å².